The number of Topliss-reactive ketones (excluding diaryl/α,β-unsaturated/α-hetero) is 2. The summed E-state index contributed by atoms with van der Waals surface area (Å²) in [5.74, 6) is -2.46. The van der Waals surface area contributed by atoms with Gasteiger partial charge in [-0.25, -0.2) is 4.79 Å². The molecule has 5 amide bonds. The first-order chi connectivity index (χ1) is 19.3. The minimum absolute atomic E-state index is 0.00130. The lowest BCUT2D eigenvalue weighted by Gasteiger charge is -2.37. The van der Waals surface area contributed by atoms with Crippen LogP contribution in [0.4, 0.5) is 4.79 Å². The van der Waals surface area contributed by atoms with Crippen LogP contribution in [0.2, 0.25) is 0 Å². The molecule has 42 heavy (non-hydrogen) atoms. The third kappa shape index (κ3) is 8.53. The summed E-state index contributed by atoms with van der Waals surface area (Å²) >= 11 is 0. The molecule has 1 unspecified atom stereocenters. The Kier molecular flexibility index (Phi) is 10.1. The second kappa shape index (κ2) is 12.7. The standard InChI is InChI=1S/C31H51N5O6/c1-16(2)19-14-21(27(40)33-20(13-17-9-10-17)23(38)26(32)39)36(15-19)28(41)25(31(6,7)8)35-29(42)34-24(30(3,4)5)22(37)18-11-12-18/h16-21,24-25H,9-15H2,1-8H3,(H2,32,39)(H,33,40)(H2,34,35,42)/t19-,20?,21+,24-,25-/m1/s1. The molecule has 3 rings (SSSR count). The van der Waals surface area contributed by atoms with E-state index in [0.29, 0.717) is 19.4 Å². The third-order valence-electron chi connectivity index (χ3n) is 8.80. The van der Waals surface area contributed by atoms with E-state index < -0.39 is 64.5 Å². The zero-order valence-electron chi connectivity index (χ0n) is 26.5. The van der Waals surface area contributed by atoms with E-state index in [1.54, 1.807) is 0 Å². The largest absolute Gasteiger partial charge is 0.363 e. The van der Waals surface area contributed by atoms with Crippen molar-refractivity contribution in [2.45, 2.75) is 118 Å². The van der Waals surface area contributed by atoms with E-state index in [0.717, 1.165) is 25.7 Å². The van der Waals surface area contributed by atoms with Crippen LogP contribution in [0, 0.1) is 34.5 Å². The number of hydrogen-bond acceptors (Lipinski definition) is 6. The highest BCUT2D eigenvalue weighted by atomic mass is 16.2. The topological polar surface area (TPSA) is 168 Å². The fourth-order valence-corrected chi connectivity index (χ4v) is 5.64. The lowest BCUT2D eigenvalue weighted by Crippen LogP contribution is -2.61. The predicted molar refractivity (Wildman–Crippen MR) is 158 cm³/mol. The Morgan fingerprint density at radius 3 is 1.83 bits per heavy atom. The highest BCUT2D eigenvalue weighted by Gasteiger charge is 2.47. The summed E-state index contributed by atoms with van der Waals surface area (Å²) in [5.41, 5.74) is 4.03. The summed E-state index contributed by atoms with van der Waals surface area (Å²) < 4.78 is 0. The van der Waals surface area contributed by atoms with Crippen LogP contribution in [-0.2, 0) is 24.0 Å². The molecule has 11 heteroatoms. The van der Waals surface area contributed by atoms with E-state index in [-0.39, 0.29) is 29.5 Å². The quantitative estimate of drug-likeness (QED) is 0.255. The average Bonchev–Trinajstić information content (AvgIpc) is 3.80. The molecular formula is C31H51N5O6. The van der Waals surface area contributed by atoms with Gasteiger partial charge in [0.15, 0.2) is 5.78 Å². The first kappa shape index (κ1) is 33.5. The highest BCUT2D eigenvalue weighted by molar-refractivity contribution is 6.37. The number of carbonyl (C=O) groups is 6. The average molecular weight is 590 g/mol. The molecule has 1 saturated heterocycles. The second-order valence-corrected chi connectivity index (χ2v) is 15.1. The van der Waals surface area contributed by atoms with Gasteiger partial charge in [-0.15, -0.1) is 0 Å². The predicted octanol–water partition coefficient (Wildman–Crippen LogP) is 2.31. The van der Waals surface area contributed by atoms with Crippen molar-refractivity contribution in [1.82, 2.24) is 20.9 Å². The van der Waals surface area contributed by atoms with Crippen molar-refractivity contribution in [3.8, 4) is 0 Å². The Morgan fingerprint density at radius 2 is 1.38 bits per heavy atom. The molecule has 1 aliphatic heterocycles. The number of nitrogens with two attached hydrogens (primary N) is 1. The van der Waals surface area contributed by atoms with Gasteiger partial charge in [-0.2, -0.15) is 0 Å². The Hall–Kier alpha value is -2.98. The van der Waals surface area contributed by atoms with E-state index in [4.69, 9.17) is 5.73 Å². The van der Waals surface area contributed by atoms with Gasteiger partial charge in [0.05, 0.1) is 12.1 Å². The number of urea groups is 1. The summed E-state index contributed by atoms with van der Waals surface area (Å²) in [6.07, 6.45) is 4.21. The minimum atomic E-state index is -1.10. The number of nitrogens with zero attached hydrogens (tertiary/aromatic N) is 1. The summed E-state index contributed by atoms with van der Waals surface area (Å²) in [7, 11) is 0. The number of nitrogens with one attached hydrogen (secondary N) is 3. The van der Waals surface area contributed by atoms with Crippen molar-refractivity contribution in [3.63, 3.8) is 0 Å². The molecule has 0 bridgehead atoms. The molecule has 0 aromatic carbocycles. The van der Waals surface area contributed by atoms with Crippen molar-refractivity contribution in [3.05, 3.63) is 0 Å². The Balaban J connectivity index is 1.81. The van der Waals surface area contributed by atoms with Gasteiger partial charge in [0, 0.05) is 12.5 Å². The molecule has 0 radical (unpaired) electrons. The van der Waals surface area contributed by atoms with Crippen LogP contribution in [-0.4, -0.2) is 70.9 Å². The molecule has 3 aliphatic rings. The molecule has 5 atom stereocenters. The molecule has 236 valence electrons. The monoisotopic (exact) mass is 589 g/mol. The van der Waals surface area contributed by atoms with Gasteiger partial charge in [0.25, 0.3) is 5.91 Å². The van der Waals surface area contributed by atoms with Crippen molar-refractivity contribution < 1.29 is 28.8 Å². The van der Waals surface area contributed by atoms with Crippen LogP contribution in [0.25, 0.3) is 0 Å². The van der Waals surface area contributed by atoms with E-state index in [9.17, 15) is 28.8 Å². The number of carbonyl (C=O) groups excluding carboxylic acids is 6. The summed E-state index contributed by atoms with van der Waals surface area (Å²) in [6, 6.07) is -4.22. The molecule has 5 N–H and O–H groups in total. The van der Waals surface area contributed by atoms with Crippen LogP contribution in [0.5, 0.6) is 0 Å². The van der Waals surface area contributed by atoms with Crippen molar-refractivity contribution in [2.24, 2.45) is 40.2 Å². The summed E-state index contributed by atoms with van der Waals surface area (Å²) in [4.78, 5) is 79.7. The summed E-state index contributed by atoms with van der Waals surface area (Å²) in [6.45, 7) is 15.5. The van der Waals surface area contributed by atoms with Gasteiger partial charge in [-0.3, -0.25) is 24.0 Å². The van der Waals surface area contributed by atoms with Crippen molar-refractivity contribution in [1.29, 1.82) is 0 Å². The first-order valence-corrected chi connectivity index (χ1v) is 15.4. The SMILES string of the molecule is CC(C)[C@@H]1C[C@@H](C(=O)NC(CC2CC2)C(=O)C(N)=O)N(C(=O)[C@@H](NC(=O)N[C@H](C(=O)C2CC2)C(C)(C)C)C(C)(C)C)C1. The fraction of sp³-hybridized carbons (Fsp3) is 0.806. The molecule has 0 spiro atoms. The van der Waals surface area contributed by atoms with Gasteiger partial charge >= 0.3 is 6.03 Å². The van der Waals surface area contributed by atoms with Crippen LogP contribution >= 0.6 is 0 Å². The van der Waals surface area contributed by atoms with Gasteiger partial charge in [-0.1, -0.05) is 68.2 Å². The molecular weight excluding hydrogens is 538 g/mol. The maximum atomic E-state index is 14.2. The Bertz CT molecular complexity index is 1080. The van der Waals surface area contributed by atoms with Crippen LogP contribution in [0.3, 0.4) is 0 Å². The van der Waals surface area contributed by atoms with E-state index in [1.165, 1.54) is 4.90 Å². The molecule has 2 aliphatic carbocycles. The fourth-order valence-electron chi connectivity index (χ4n) is 5.64. The molecule has 0 aromatic heterocycles. The smallest absolute Gasteiger partial charge is 0.316 e. The molecule has 11 nitrogen and oxygen atoms in total. The maximum absolute atomic E-state index is 14.2. The molecule has 3 fully saturated rings. The van der Waals surface area contributed by atoms with Crippen LogP contribution in [0.1, 0.15) is 93.9 Å². The van der Waals surface area contributed by atoms with Crippen molar-refractivity contribution >= 4 is 35.3 Å². The third-order valence-corrected chi connectivity index (χ3v) is 8.80. The van der Waals surface area contributed by atoms with E-state index in [2.05, 4.69) is 16.0 Å². The van der Waals surface area contributed by atoms with Crippen LogP contribution < -0.4 is 21.7 Å². The zero-order valence-corrected chi connectivity index (χ0v) is 26.5. The van der Waals surface area contributed by atoms with E-state index in [1.807, 2.05) is 55.4 Å². The summed E-state index contributed by atoms with van der Waals surface area (Å²) in [5, 5.41) is 8.38. The van der Waals surface area contributed by atoms with Gasteiger partial charge in [0.2, 0.25) is 17.6 Å². The normalized spacial score (nSPS) is 23.1. The second-order valence-electron chi connectivity index (χ2n) is 15.1. The van der Waals surface area contributed by atoms with E-state index >= 15 is 0 Å². The number of hydrogen-bond donors (Lipinski definition) is 4. The van der Waals surface area contributed by atoms with Gasteiger partial charge in [-0.05, 0) is 54.3 Å². The van der Waals surface area contributed by atoms with Gasteiger partial charge in [0.1, 0.15) is 12.1 Å². The number of ketones is 2. The molecule has 1 heterocycles. The number of amides is 5. The zero-order chi connectivity index (χ0) is 31.7. The molecule has 0 aromatic rings. The lowest BCUT2D eigenvalue weighted by atomic mass is 9.82. The maximum Gasteiger partial charge on any atom is 0.316 e. The lowest BCUT2D eigenvalue weighted by molar-refractivity contribution is -0.143. The highest BCUT2D eigenvalue weighted by Crippen LogP contribution is 2.36. The Morgan fingerprint density at radius 1 is 0.833 bits per heavy atom. The van der Waals surface area contributed by atoms with Gasteiger partial charge < -0.3 is 26.6 Å². The number of primary amides is 1. The van der Waals surface area contributed by atoms with Crippen LogP contribution in [0.15, 0.2) is 0 Å². The number of likely N-dealkylation sites (tertiary alicyclic amines) is 1. The first-order valence-electron chi connectivity index (χ1n) is 15.4. The Labute approximate surface area is 249 Å². The molecule has 2 saturated carbocycles. The van der Waals surface area contributed by atoms with Crippen molar-refractivity contribution in [2.75, 3.05) is 6.54 Å². The minimum Gasteiger partial charge on any atom is -0.363 e. The number of rotatable bonds is 12.